The molecule has 1 aliphatic heterocycles. The molecule has 0 aliphatic carbocycles. The molecule has 15 heteroatoms. The first-order valence-corrected chi connectivity index (χ1v) is 19.0. The SMILES string of the molecule is CC(/C=C/c1ccc2ccc([C@@H](C)N[S@@](=O)C(C)(C)C)nc2c1)CO[C@H](C(=O)N[C@@H](C)C(=O)N1CCC[C@@H](C(=O)OCC(Cl)(Cl)Cl)N1)C(C)C. The van der Waals surface area contributed by atoms with Crippen LogP contribution in [0.5, 0.6) is 0 Å². The van der Waals surface area contributed by atoms with E-state index < -0.39 is 57.4 Å². The number of esters is 1. The number of halogens is 3. The number of rotatable bonds is 14. The van der Waals surface area contributed by atoms with Crippen LogP contribution in [0.3, 0.4) is 0 Å². The van der Waals surface area contributed by atoms with E-state index in [1.54, 1.807) is 6.92 Å². The van der Waals surface area contributed by atoms with Gasteiger partial charge in [0.05, 0.1) is 39.6 Å². The van der Waals surface area contributed by atoms with Crippen LogP contribution in [0.4, 0.5) is 0 Å². The molecule has 1 aromatic carbocycles. The summed E-state index contributed by atoms with van der Waals surface area (Å²) in [5.74, 6) is -1.62. The Kier molecular flexibility index (Phi) is 15.5. The number of hydrogen-bond donors (Lipinski definition) is 3. The third-order valence-electron chi connectivity index (χ3n) is 7.89. The number of carbonyl (C=O) groups is 3. The number of fused-ring (bicyclic) bond motifs is 1. The number of carbonyl (C=O) groups excluding carboxylic acids is 3. The van der Waals surface area contributed by atoms with E-state index in [-0.39, 0.29) is 29.2 Å². The van der Waals surface area contributed by atoms with Gasteiger partial charge in [0.1, 0.15) is 24.8 Å². The van der Waals surface area contributed by atoms with E-state index in [9.17, 15) is 18.6 Å². The highest BCUT2D eigenvalue weighted by molar-refractivity contribution is 7.84. The zero-order valence-corrected chi connectivity index (χ0v) is 33.0. The third-order valence-corrected chi connectivity index (χ3v) is 9.89. The van der Waals surface area contributed by atoms with Crippen LogP contribution in [-0.4, -0.2) is 78.5 Å². The van der Waals surface area contributed by atoms with Gasteiger partial charge in [-0.05, 0) is 77.0 Å². The molecule has 50 heavy (non-hydrogen) atoms. The molecule has 278 valence electrons. The lowest BCUT2D eigenvalue weighted by Crippen LogP contribution is -2.60. The molecule has 2 heterocycles. The first-order valence-electron chi connectivity index (χ1n) is 16.7. The van der Waals surface area contributed by atoms with Gasteiger partial charge in [-0.1, -0.05) is 85.9 Å². The molecule has 0 saturated carbocycles. The van der Waals surface area contributed by atoms with E-state index in [0.29, 0.717) is 19.4 Å². The van der Waals surface area contributed by atoms with Gasteiger partial charge in [0.25, 0.3) is 5.91 Å². The summed E-state index contributed by atoms with van der Waals surface area (Å²) in [4.78, 5) is 43.7. The molecular formula is C35H50Cl3N5O6S. The Labute approximate surface area is 313 Å². The van der Waals surface area contributed by atoms with Crippen LogP contribution in [0.1, 0.15) is 85.5 Å². The topological polar surface area (TPSA) is 139 Å². The van der Waals surface area contributed by atoms with Crippen molar-refractivity contribution in [3.8, 4) is 0 Å². The number of amides is 2. The van der Waals surface area contributed by atoms with Crippen molar-refractivity contribution in [2.75, 3.05) is 19.8 Å². The third kappa shape index (κ3) is 13.0. The maximum atomic E-state index is 13.2. The van der Waals surface area contributed by atoms with Crippen molar-refractivity contribution in [1.29, 1.82) is 0 Å². The largest absolute Gasteiger partial charge is 0.460 e. The summed E-state index contributed by atoms with van der Waals surface area (Å²) in [6.07, 6.45) is 4.21. The van der Waals surface area contributed by atoms with Crippen LogP contribution in [0.15, 0.2) is 36.4 Å². The molecule has 1 aromatic heterocycles. The summed E-state index contributed by atoms with van der Waals surface area (Å²) in [5.41, 5.74) is 5.47. The minimum atomic E-state index is -1.74. The second-order valence-electron chi connectivity index (χ2n) is 14.0. The summed E-state index contributed by atoms with van der Waals surface area (Å²) in [6.45, 7) is 15.3. The quantitative estimate of drug-likeness (QED) is 0.158. The Morgan fingerprint density at radius 3 is 2.42 bits per heavy atom. The predicted molar refractivity (Wildman–Crippen MR) is 201 cm³/mol. The van der Waals surface area contributed by atoms with E-state index in [2.05, 4.69) is 15.5 Å². The highest BCUT2D eigenvalue weighted by Crippen LogP contribution is 2.26. The number of nitrogens with one attached hydrogen (secondary N) is 3. The molecule has 3 N–H and O–H groups in total. The van der Waals surface area contributed by atoms with Crippen molar-refractivity contribution in [1.82, 2.24) is 25.5 Å². The van der Waals surface area contributed by atoms with Crippen LogP contribution >= 0.6 is 34.8 Å². The molecule has 1 fully saturated rings. The standard InChI is InChI=1S/C35H50Cl3N5O6S/c1-21(2)30(31(44)39-24(5)32(45)43-17-9-10-28(41-43)33(46)49-20-35(36,37)38)48-19-22(3)11-12-25-13-14-26-15-16-27(40-29(26)18-25)23(4)42-50(47)34(6,7)8/h11-16,18,21-24,28,30,41-42H,9-10,17,19-20H2,1-8H3,(H,39,44)/b12-11+/t22?,23-,24+,28+,30+,50+/m1/s1. The van der Waals surface area contributed by atoms with Crippen LogP contribution in [-0.2, 0) is 34.8 Å². The number of benzene rings is 1. The van der Waals surface area contributed by atoms with Crippen LogP contribution in [0, 0.1) is 11.8 Å². The number of nitrogens with zero attached hydrogens (tertiary/aromatic N) is 2. The fourth-order valence-corrected chi connectivity index (χ4v) is 5.97. The van der Waals surface area contributed by atoms with Crippen molar-refractivity contribution in [2.24, 2.45) is 11.8 Å². The summed E-state index contributed by atoms with van der Waals surface area (Å²) in [5, 5.41) is 5.08. The van der Waals surface area contributed by atoms with E-state index in [1.165, 1.54) is 5.01 Å². The Bertz CT molecular complexity index is 1550. The van der Waals surface area contributed by atoms with E-state index in [0.717, 1.165) is 22.2 Å². The van der Waals surface area contributed by atoms with Crippen molar-refractivity contribution in [3.63, 3.8) is 0 Å². The smallest absolute Gasteiger partial charge is 0.325 e. The fraction of sp³-hybridized carbons (Fsp3) is 0.600. The molecule has 6 atom stereocenters. The predicted octanol–water partition coefficient (Wildman–Crippen LogP) is 5.95. The summed E-state index contributed by atoms with van der Waals surface area (Å²) in [7, 11) is -1.22. The molecule has 1 unspecified atom stereocenters. The van der Waals surface area contributed by atoms with Gasteiger partial charge in [-0.3, -0.25) is 24.4 Å². The van der Waals surface area contributed by atoms with Gasteiger partial charge in [0.15, 0.2) is 0 Å². The monoisotopic (exact) mass is 773 g/mol. The van der Waals surface area contributed by atoms with Gasteiger partial charge in [0, 0.05) is 11.9 Å². The van der Waals surface area contributed by atoms with Crippen molar-refractivity contribution >= 4 is 80.6 Å². The normalized spacial score (nSPS) is 18.9. The molecule has 1 saturated heterocycles. The zero-order chi connectivity index (χ0) is 37.4. The zero-order valence-electron chi connectivity index (χ0n) is 29.9. The lowest BCUT2D eigenvalue weighted by molar-refractivity contribution is -0.153. The molecule has 1 aliphatic rings. The summed E-state index contributed by atoms with van der Waals surface area (Å²) in [6, 6.07) is 8.14. The molecule has 0 radical (unpaired) electrons. The van der Waals surface area contributed by atoms with Crippen molar-refractivity contribution < 1.29 is 28.1 Å². The summed E-state index contributed by atoms with van der Waals surface area (Å²) < 4.78 is 24.7. The van der Waals surface area contributed by atoms with E-state index in [4.69, 9.17) is 49.3 Å². The van der Waals surface area contributed by atoms with Gasteiger partial charge in [-0.25, -0.2) is 14.4 Å². The van der Waals surface area contributed by atoms with Gasteiger partial charge in [0.2, 0.25) is 9.70 Å². The maximum Gasteiger partial charge on any atom is 0.325 e. The Morgan fingerprint density at radius 1 is 1.10 bits per heavy atom. The molecular weight excluding hydrogens is 725 g/mol. The maximum absolute atomic E-state index is 13.2. The lowest BCUT2D eigenvalue weighted by atomic mass is 10.0. The molecule has 0 spiro atoms. The number of ether oxygens (including phenoxy) is 2. The molecule has 0 bridgehead atoms. The van der Waals surface area contributed by atoms with E-state index in [1.807, 2.05) is 91.0 Å². The molecule has 2 amide bonds. The fourth-order valence-electron chi connectivity index (χ4n) is 5.01. The van der Waals surface area contributed by atoms with E-state index >= 15 is 0 Å². The second-order valence-corrected chi connectivity index (χ2v) is 18.5. The summed E-state index contributed by atoms with van der Waals surface area (Å²) >= 11 is 17.0. The van der Waals surface area contributed by atoms with Gasteiger partial charge in [-0.2, -0.15) is 0 Å². The van der Waals surface area contributed by atoms with Crippen LogP contribution in [0.2, 0.25) is 0 Å². The van der Waals surface area contributed by atoms with Crippen LogP contribution < -0.4 is 15.5 Å². The minimum Gasteiger partial charge on any atom is -0.460 e. The van der Waals surface area contributed by atoms with Crippen LogP contribution in [0.25, 0.3) is 17.0 Å². The highest BCUT2D eigenvalue weighted by Gasteiger charge is 2.34. The Balaban J connectivity index is 1.55. The van der Waals surface area contributed by atoms with Gasteiger partial charge in [-0.15, -0.1) is 0 Å². The highest BCUT2D eigenvalue weighted by atomic mass is 35.6. The number of alkyl halides is 3. The molecule has 11 nitrogen and oxygen atoms in total. The lowest BCUT2D eigenvalue weighted by Gasteiger charge is -2.34. The average molecular weight is 775 g/mol. The number of hydrazine groups is 1. The average Bonchev–Trinajstić information content (AvgIpc) is 3.04. The van der Waals surface area contributed by atoms with Crippen molar-refractivity contribution in [3.05, 3.63) is 47.7 Å². The number of aromatic nitrogens is 1. The first-order chi connectivity index (χ1) is 23.2. The minimum absolute atomic E-state index is 0.0227. The van der Waals surface area contributed by atoms with Crippen molar-refractivity contribution in [2.45, 2.75) is 101 Å². The molecule has 3 rings (SSSR count). The first kappa shape index (κ1) is 42.1. The number of hydrogen-bond acceptors (Lipinski definition) is 8. The Hall–Kier alpha value is -2.32. The molecule has 2 aromatic rings. The number of pyridine rings is 1. The second kappa shape index (κ2) is 18.4. The van der Waals surface area contributed by atoms with Gasteiger partial charge >= 0.3 is 5.97 Å². The Morgan fingerprint density at radius 2 is 1.78 bits per heavy atom. The van der Waals surface area contributed by atoms with Gasteiger partial charge < -0.3 is 14.8 Å².